The Balaban J connectivity index is 2.05. The first kappa shape index (κ1) is 15.8. The third-order valence-electron chi connectivity index (χ3n) is 3.45. The van der Waals surface area contributed by atoms with Crippen LogP contribution in [-0.2, 0) is 14.6 Å². The minimum Gasteiger partial charge on any atom is -0.399 e. The molecule has 0 spiro atoms. The van der Waals surface area contributed by atoms with E-state index in [9.17, 15) is 13.2 Å². The smallest absolute Gasteiger partial charge is 0.251 e. The largest absolute Gasteiger partial charge is 0.399 e. The van der Waals surface area contributed by atoms with Gasteiger partial charge in [-0.25, -0.2) is 8.42 Å². The van der Waals surface area contributed by atoms with Crippen LogP contribution in [0.4, 0.5) is 5.69 Å². The Labute approximate surface area is 124 Å². The number of sulfone groups is 1. The zero-order valence-corrected chi connectivity index (χ0v) is 12.9. The Morgan fingerprint density at radius 3 is 2.62 bits per heavy atom. The van der Waals surface area contributed by atoms with Gasteiger partial charge in [0.25, 0.3) is 5.91 Å². The number of anilines is 1. The maximum Gasteiger partial charge on any atom is 0.251 e. The van der Waals surface area contributed by atoms with Crippen molar-refractivity contribution < 1.29 is 17.9 Å². The predicted molar refractivity (Wildman–Crippen MR) is 79.9 cm³/mol. The average Bonchev–Trinajstić information content (AvgIpc) is 2.34. The number of hydrogen-bond donors (Lipinski definition) is 2. The standard InChI is InChI=1S/C14H20N2O4S/c1-3-20-12-7-11(8-12)16-14(17)9-4-10(15)6-13(5-9)21(2,18)19/h4-6,11-12H,3,7-8,15H2,1-2H3,(H,16,17). The quantitative estimate of drug-likeness (QED) is 0.789. The number of nitrogen functional groups attached to an aromatic ring is 1. The summed E-state index contributed by atoms with van der Waals surface area (Å²) in [7, 11) is -3.40. The molecule has 1 fully saturated rings. The highest BCUT2D eigenvalue weighted by molar-refractivity contribution is 7.90. The molecule has 0 aromatic heterocycles. The Kier molecular flexibility index (Phi) is 4.53. The number of carbonyl (C=O) groups excluding carboxylic acids is 1. The van der Waals surface area contributed by atoms with E-state index in [4.69, 9.17) is 10.5 Å². The van der Waals surface area contributed by atoms with Crippen LogP contribution in [0.15, 0.2) is 23.1 Å². The first-order valence-corrected chi connectivity index (χ1v) is 8.72. The number of benzene rings is 1. The molecule has 1 aromatic carbocycles. The topological polar surface area (TPSA) is 98.5 Å². The summed E-state index contributed by atoms with van der Waals surface area (Å²) in [5.74, 6) is -0.313. The number of rotatable bonds is 5. The maximum absolute atomic E-state index is 12.1. The van der Waals surface area contributed by atoms with Gasteiger partial charge in [0.15, 0.2) is 9.84 Å². The van der Waals surface area contributed by atoms with Crippen LogP contribution in [0.3, 0.4) is 0 Å². The lowest BCUT2D eigenvalue weighted by molar-refractivity contribution is -0.00862. The van der Waals surface area contributed by atoms with E-state index in [0.717, 1.165) is 19.1 Å². The fraction of sp³-hybridized carbons (Fsp3) is 0.500. The molecule has 116 valence electrons. The highest BCUT2D eigenvalue weighted by Crippen LogP contribution is 2.24. The van der Waals surface area contributed by atoms with E-state index in [1.54, 1.807) is 0 Å². The molecule has 2 rings (SSSR count). The van der Waals surface area contributed by atoms with Crippen LogP contribution in [0.2, 0.25) is 0 Å². The van der Waals surface area contributed by atoms with Crippen molar-refractivity contribution >= 4 is 21.4 Å². The minimum absolute atomic E-state index is 0.0495. The third kappa shape index (κ3) is 3.95. The van der Waals surface area contributed by atoms with Crippen LogP contribution in [0, 0.1) is 0 Å². The second kappa shape index (κ2) is 6.03. The molecular weight excluding hydrogens is 292 g/mol. The molecule has 0 saturated heterocycles. The first-order valence-electron chi connectivity index (χ1n) is 6.82. The fourth-order valence-corrected chi connectivity index (χ4v) is 2.98. The van der Waals surface area contributed by atoms with Crippen molar-refractivity contribution in [3.8, 4) is 0 Å². The van der Waals surface area contributed by atoms with Gasteiger partial charge in [0.05, 0.1) is 11.0 Å². The molecule has 6 nitrogen and oxygen atoms in total. The number of amides is 1. The molecule has 21 heavy (non-hydrogen) atoms. The molecule has 0 heterocycles. The molecule has 0 radical (unpaired) electrons. The van der Waals surface area contributed by atoms with Gasteiger partial charge in [0, 0.05) is 30.2 Å². The van der Waals surface area contributed by atoms with Crippen LogP contribution in [0.1, 0.15) is 30.1 Å². The summed E-state index contributed by atoms with van der Waals surface area (Å²) in [6, 6.07) is 4.24. The summed E-state index contributed by atoms with van der Waals surface area (Å²) in [6.45, 7) is 2.60. The molecule has 0 unspecified atom stereocenters. The van der Waals surface area contributed by atoms with Gasteiger partial charge in [-0.15, -0.1) is 0 Å². The summed E-state index contributed by atoms with van der Waals surface area (Å²) in [5, 5.41) is 2.86. The number of hydrogen-bond acceptors (Lipinski definition) is 5. The summed E-state index contributed by atoms with van der Waals surface area (Å²) in [5.41, 5.74) is 6.18. The predicted octanol–water partition coefficient (Wildman–Crippen LogP) is 0.970. The second-order valence-corrected chi connectivity index (χ2v) is 7.30. The highest BCUT2D eigenvalue weighted by Gasteiger charge is 2.31. The summed E-state index contributed by atoms with van der Waals surface area (Å²) in [6.07, 6.45) is 2.84. The second-order valence-electron chi connectivity index (χ2n) is 5.28. The van der Waals surface area contributed by atoms with Gasteiger partial charge in [0.2, 0.25) is 0 Å². The fourth-order valence-electron chi connectivity index (χ4n) is 2.29. The van der Waals surface area contributed by atoms with Crippen molar-refractivity contribution in [2.45, 2.75) is 36.8 Å². The minimum atomic E-state index is -3.40. The molecule has 7 heteroatoms. The van der Waals surface area contributed by atoms with Gasteiger partial charge in [-0.05, 0) is 38.0 Å². The Morgan fingerprint density at radius 1 is 1.38 bits per heavy atom. The summed E-state index contributed by atoms with van der Waals surface area (Å²) >= 11 is 0. The molecule has 3 N–H and O–H groups in total. The van der Waals surface area contributed by atoms with E-state index in [-0.39, 0.29) is 34.2 Å². The van der Waals surface area contributed by atoms with Gasteiger partial charge in [0.1, 0.15) is 0 Å². The van der Waals surface area contributed by atoms with E-state index in [0.29, 0.717) is 6.61 Å². The van der Waals surface area contributed by atoms with Gasteiger partial charge < -0.3 is 15.8 Å². The maximum atomic E-state index is 12.1. The van der Waals surface area contributed by atoms with Crippen molar-refractivity contribution in [2.75, 3.05) is 18.6 Å². The molecule has 0 aliphatic heterocycles. The first-order chi connectivity index (χ1) is 9.79. The normalized spacial score (nSPS) is 21.6. The van der Waals surface area contributed by atoms with E-state index in [1.165, 1.54) is 18.2 Å². The van der Waals surface area contributed by atoms with Crippen LogP contribution in [-0.4, -0.2) is 39.3 Å². The van der Waals surface area contributed by atoms with Gasteiger partial charge in [-0.2, -0.15) is 0 Å². The van der Waals surface area contributed by atoms with Crippen molar-refractivity contribution in [3.63, 3.8) is 0 Å². The Bertz CT molecular complexity index is 636. The number of nitrogens with one attached hydrogen (secondary N) is 1. The van der Waals surface area contributed by atoms with Gasteiger partial charge in [-0.1, -0.05) is 0 Å². The highest BCUT2D eigenvalue weighted by atomic mass is 32.2. The van der Waals surface area contributed by atoms with E-state index < -0.39 is 9.84 Å². The number of carbonyl (C=O) groups is 1. The lowest BCUT2D eigenvalue weighted by Crippen LogP contribution is -2.47. The van der Waals surface area contributed by atoms with Gasteiger partial charge >= 0.3 is 0 Å². The van der Waals surface area contributed by atoms with Crippen molar-refractivity contribution in [1.29, 1.82) is 0 Å². The molecule has 1 amide bonds. The Morgan fingerprint density at radius 2 is 2.05 bits per heavy atom. The summed E-state index contributed by atoms with van der Waals surface area (Å²) < 4.78 is 28.5. The van der Waals surface area contributed by atoms with Crippen molar-refractivity contribution in [1.82, 2.24) is 5.32 Å². The van der Waals surface area contributed by atoms with Crippen LogP contribution >= 0.6 is 0 Å². The number of nitrogens with two attached hydrogens (primary N) is 1. The van der Waals surface area contributed by atoms with Gasteiger partial charge in [-0.3, -0.25) is 4.79 Å². The third-order valence-corrected chi connectivity index (χ3v) is 4.54. The van der Waals surface area contributed by atoms with E-state index in [2.05, 4.69) is 5.32 Å². The van der Waals surface area contributed by atoms with E-state index >= 15 is 0 Å². The lowest BCUT2D eigenvalue weighted by atomic mass is 9.89. The number of ether oxygens (including phenoxy) is 1. The molecular formula is C14H20N2O4S. The Hall–Kier alpha value is -1.60. The molecule has 0 atom stereocenters. The lowest BCUT2D eigenvalue weighted by Gasteiger charge is -2.35. The molecule has 1 aliphatic rings. The monoisotopic (exact) mass is 312 g/mol. The summed E-state index contributed by atoms with van der Waals surface area (Å²) in [4.78, 5) is 12.2. The van der Waals surface area contributed by atoms with Crippen molar-refractivity contribution in [2.24, 2.45) is 0 Å². The molecule has 1 saturated carbocycles. The van der Waals surface area contributed by atoms with Crippen LogP contribution in [0.25, 0.3) is 0 Å². The van der Waals surface area contributed by atoms with Crippen molar-refractivity contribution in [3.05, 3.63) is 23.8 Å². The SMILES string of the molecule is CCOC1CC(NC(=O)c2cc(N)cc(S(C)(=O)=O)c2)C1. The molecule has 0 bridgehead atoms. The van der Waals surface area contributed by atoms with Crippen LogP contribution < -0.4 is 11.1 Å². The zero-order chi connectivity index (χ0) is 15.6. The van der Waals surface area contributed by atoms with E-state index in [1.807, 2.05) is 6.92 Å². The van der Waals surface area contributed by atoms with Crippen LogP contribution in [0.5, 0.6) is 0 Å². The zero-order valence-electron chi connectivity index (χ0n) is 12.1. The molecule has 1 aromatic rings. The molecule has 1 aliphatic carbocycles. The average molecular weight is 312 g/mol.